The standard InChI is InChI=1S/C22H43N5O4/c1-21(2,3)18(28)24-12-13-25-19(23-7)27-14-9-17(10-15-27)30-16-8-11-26-20(29)31-22(4,5)6/h17H,8-16H2,1-7H3,(H,23,25)(H,24,28)(H,26,29). The molecular weight excluding hydrogens is 398 g/mol. The summed E-state index contributed by atoms with van der Waals surface area (Å²) in [5.74, 6) is 0.897. The molecule has 0 saturated carbocycles. The van der Waals surface area contributed by atoms with Gasteiger partial charge in [0, 0.05) is 51.8 Å². The van der Waals surface area contributed by atoms with Crippen molar-refractivity contribution in [2.75, 3.05) is 46.4 Å². The fourth-order valence-electron chi connectivity index (χ4n) is 3.01. The molecule has 0 aromatic carbocycles. The lowest BCUT2D eigenvalue weighted by atomic mass is 9.96. The van der Waals surface area contributed by atoms with Gasteiger partial charge in [-0.25, -0.2) is 4.79 Å². The van der Waals surface area contributed by atoms with Crippen LogP contribution in [0.5, 0.6) is 0 Å². The van der Waals surface area contributed by atoms with Crippen molar-refractivity contribution in [3.8, 4) is 0 Å². The van der Waals surface area contributed by atoms with E-state index >= 15 is 0 Å². The van der Waals surface area contributed by atoms with Gasteiger partial charge in [0.15, 0.2) is 5.96 Å². The Morgan fingerprint density at radius 3 is 2.13 bits per heavy atom. The van der Waals surface area contributed by atoms with Crippen LogP contribution < -0.4 is 16.0 Å². The first-order valence-electron chi connectivity index (χ1n) is 11.2. The molecule has 180 valence electrons. The number of piperidine rings is 1. The third-order valence-electron chi connectivity index (χ3n) is 4.67. The highest BCUT2D eigenvalue weighted by Gasteiger charge is 2.23. The number of hydrogen-bond acceptors (Lipinski definition) is 5. The zero-order valence-corrected chi connectivity index (χ0v) is 20.5. The number of nitrogens with zero attached hydrogens (tertiary/aromatic N) is 2. The molecule has 0 aliphatic carbocycles. The summed E-state index contributed by atoms with van der Waals surface area (Å²) in [5.41, 5.74) is -0.861. The maximum atomic E-state index is 11.9. The van der Waals surface area contributed by atoms with Crippen molar-refractivity contribution in [2.45, 2.75) is 72.5 Å². The Labute approximate surface area is 187 Å². The van der Waals surface area contributed by atoms with Crippen LogP contribution in [0.3, 0.4) is 0 Å². The Balaban J connectivity index is 2.17. The van der Waals surface area contributed by atoms with Crippen LogP contribution in [0.15, 0.2) is 4.99 Å². The number of ether oxygens (including phenoxy) is 2. The molecule has 0 aromatic rings. The monoisotopic (exact) mass is 441 g/mol. The fourth-order valence-corrected chi connectivity index (χ4v) is 3.01. The molecule has 1 fully saturated rings. The van der Waals surface area contributed by atoms with Gasteiger partial charge in [-0.1, -0.05) is 20.8 Å². The number of guanidine groups is 1. The van der Waals surface area contributed by atoms with E-state index in [0.29, 0.717) is 26.2 Å². The number of hydrogen-bond donors (Lipinski definition) is 3. The van der Waals surface area contributed by atoms with Crippen LogP contribution in [0.25, 0.3) is 0 Å². The van der Waals surface area contributed by atoms with E-state index in [-0.39, 0.29) is 17.4 Å². The van der Waals surface area contributed by atoms with E-state index < -0.39 is 11.7 Å². The highest BCUT2D eigenvalue weighted by atomic mass is 16.6. The third kappa shape index (κ3) is 11.8. The highest BCUT2D eigenvalue weighted by molar-refractivity contribution is 5.82. The van der Waals surface area contributed by atoms with Crippen molar-refractivity contribution in [3.05, 3.63) is 0 Å². The molecule has 1 rings (SSSR count). The molecule has 1 aliphatic heterocycles. The summed E-state index contributed by atoms with van der Waals surface area (Å²) in [6, 6.07) is 0. The van der Waals surface area contributed by atoms with Crippen molar-refractivity contribution in [1.82, 2.24) is 20.9 Å². The van der Waals surface area contributed by atoms with E-state index in [9.17, 15) is 9.59 Å². The topological polar surface area (TPSA) is 104 Å². The summed E-state index contributed by atoms with van der Waals surface area (Å²) < 4.78 is 11.2. The Bertz CT molecular complexity index is 588. The van der Waals surface area contributed by atoms with Crippen LogP contribution in [0.1, 0.15) is 60.8 Å². The summed E-state index contributed by atoms with van der Waals surface area (Å²) in [4.78, 5) is 30.1. The van der Waals surface area contributed by atoms with Gasteiger partial charge in [-0.2, -0.15) is 0 Å². The lowest BCUT2D eigenvalue weighted by Gasteiger charge is -2.34. The van der Waals surface area contributed by atoms with Gasteiger partial charge in [0.2, 0.25) is 5.91 Å². The van der Waals surface area contributed by atoms with E-state index in [1.807, 2.05) is 41.5 Å². The van der Waals surface area contributed by atoms with Gasteiger partial charge in [0.1, 0.15) is 5.60 Å². The lowest BCUT2D eigenvalue weighted by molar-refractivity contribution is -0.128. The van der Waals surface area contributed by atoms with Gasteiger partial charge in [-0.15, -0.1) is 0 Å². The molecule has 3 N–H and O–H groups in total. The second-order valence-electron chi connectivity index (χ2n) is 9.82. The number of carbonyl (C=O) groups is 2. The first-order valence-corrected chi connectivity index (χ1v) is 11.2. The third-order valence-corrected chi connectivity index (χ3v) is 4.67. The summed E-state index contributed by atoms with van der Waals surface area (Å²) >= 11 is 0. The highest BCUT2D eigenvalue weighted by Crippen LogP contribution is 2.14. The summed E-state index contributed by atoms with van der Waals surface area (Å²) in [7, 11) is 1.77. The van der Waals surface area contributed by atoms with Crippen molar-refractivity contribution >= 4 is 18.0 Å². The molecule has 0 aromatic heterocycles. The average Bonchev–Trinajstić information content (AvgIpc) is 2.66. The van der Waals surface area contributed by atoms with Crippen LogP contribution in [-0.2, 0) is 14.3 Å². The van der Waals surface area contributed by atoms with Gasteiger partial charge < -0.3 is 30.3 Å². The van der Waals surface area contributed by atoms with Crippen molar-refractivity contribution in [1.29, 1.82) is 0 Å². The van der Waals surface area contributed by atoms with Crippen molar-refractivity contribution in [2.24, 2.45) is 10.4 Å². The minimum Gasteiger partial charge on any atom is -0.444 e. The maximum absolute atomic E-state index is 11.9. The van der Waals surface area contributed by atoms with Gasteiger partial charge in [-0.05, 0) is 40.0 Å². The lowest BCUT2D eigenvalue weighted by Crippen LogP contribution is -2.49. The molecule has 0 spiro atoms. The smallest absolute Gasteiger partial charge is 0.407 e. The molecule has 31 heavy (non-hydrogen) atoms. The zero-order valence-electron chi connectivity index (χ0n) is 20.5. The van der Waals surface area contributed by atoms with Crippen molar-refractivity contribution < 1.29 is 19.1 Å². The molecule has 0 radical (unpaired) electrons. The fraction of sp³-hybridized carbons (Fsp3) is 0.864. The van der Waals surface area contributed by atoms with Crippen LogP contribution in [0.4, 0.5) is 4.79 Å². The number of carbonyl (C=O) groups excluding carboxylic acids is 2. The van der Waals surface area contributed by atoms with E-state index in [0.717, 1.165) is 38.3 Å². The Morgan fingerprint density at radius 2 is 1.58 bits per heavy atom. The number of nitrogens with one attached hydrogen (secondary N) is 3. The summed E-state index contributed by atoms with van der Waals surface area (Å²) in [6.07, 6.45) is 2.45. The first-order chi connectivity index (χ1) is 14.4. The number of aliphatic imine (C=N–C) groups is 1. The number of rotatable bonds is 8. The summed E-state index contributed by atoms with van der Waals surface area (Å²) in [6.45, 7) is 15.3. The predicted octanol–water partition coefficient (Wildman–Crippen LogP) is 2.12. The molecule has 2 amide bonds. The minimum absolute atomic E-state index is 0.0449. The molecule has 9 heteroatoms. The average molecular weight is 442 g/mol. The van der Waals surface area contributed by atoms with E-state index in [1.54, 1.807) is 7.05 Å². The Kier molecular flexibility index (Phi) is 11.1. The first kappa shape index (κ1) is 27.0. The summed E-state index contributed by atoms with van der Waals surface area (Å²) in [5, 5.41) is 9.00. The number of alkyl carbamates (subject to hydrolysis) is 1. The normalized spacial score (nSPS) is 16.1. The molecule has 0 bridgehead atoms. The largest absolute Gasteiger partial charge is 0.444 e. The van der Waals surface area contributed by atoms with Crippen LogP contribution in [0.2, 0.25) is 0 Å². The van der Waals surface area contributed by atoms with E-state index in [1.165, 1.54) is 0 Å². The second kappa shape index (κ2) is 12.7. The predicted molar refractivity (Wildman–Crippen MR) is 123 cm³/mol. The van der Waals surface area contributed by atoms with Crippen LogP contribution in [0, 0.1) is 5.41 Å². The molecule has 0 unspecified atom stereocenters. The van der Waals surface area contributed by atoms with Crippen molar-refractivity contribution in [3.63, 3.8) is 0 Å². The minimum atomic E-state index is -0.482. The Hall–Kier alpha value is -2.03. The van der Waals surface area contributed by atoms with Crippen LogP contribution >= 0.6 is 0 Å². The maximum Gasteiger partial charge on any atom is 0.407 e. The van der Waals surface area contributed by atoms with Gasteiger partial charge in [0.05, 0.1) is 6.10 Å². The molecule has 1 saturated heterocycles. The molecule has 1 aliphatic rings. The van der Waals surface area contributed by atoms with E-state index in [2.05, 4.69) is 25.8 Å². The zero-order chi connectivity index (χ0) is 23.5. The molecular formula is C22H43N5O4. The van der Waals surface area contributed by atoms with E-state index in [4.69, 9.17) is 9.47 Å². The second-order valence-corrected chi connectivity index (χ2v) is 9.82. The van der Waals surface area contributed by atoms with Gasteiger partial charge in [0.25, 0.3) is 0 Å². The molecule has 1 heterocycles. The number of amides is 2. The van der Waals surface area contributed by atoms with Crippen LogP contribution in [-0.4, -0.2) is 80.9 Å². The van der Waals surface area contributed by atoms with Gasteiger partial charge >= 0.3 is 6.09 Å². The van der Waals surface area contributed by atoms with Gasteiger partial charge in [-0.3, -0.25) is 9.79 Å². The molecule has 9 nitrogen and oxygen atoms in total. The number of likely N-dealkylation sites (tertiary alicyclic amines) is 1. The molecule has 0 atom stereocenters. The Morgan fingerprint density at radius 1 is 0.968 bits per heavy atom. The SMILES string of the molecule is CN=C(NCCNC(=O)C(C)(C)C)N1CCC(OCCCNC(=O)OC(C)(C)C)CC1. The quantitative estimate of drug-likeness (QED) is 0.303.